The SMILES string of the molecule is CC1CCC(N(C2CCC(C)CC2)C2CCC(CCC3CCC(NC(=O)C4CC5CCC6C7CCCCC7NC6C5C(N=NC5CCC(N)CC5)C4O)CC3)CC2)CC1. The molecule has 0 aromatic heterocycles. The molecule has 0 bridgehead atoms. The van der Waals surface area contributed by atoms with E-state index in [-0.39, 0.29) is 41.9 Å². The Labute approximate surface area is 360 Å². The Kier molecular flexibility index (Phi) is 14.5. The maximum Gasteiger partial charge on any atom is 0.226 e. The van der Waals surface area contributed by atoms with Gasteiger partial charge in [0.25, 0.3) is 0 Å². The Balaban J connectivity index is 0.754. The summed E-state index contributed by atoms with van der Waals surface area (Å²) in [6.45, 7) is 4.96. The molecule has 8 aliphatic carbocycles. The second kappa shape index (κ2) is 19.7. The van der Waals surface area contributed by atoms with E-state index in [0.717, 1.165) is 92.7 Å². The number of hydrogen-bond acceptors (Lipinski definition) is 7. The van der Waals surface area contributed by atoms with Gasteiger partial charge in [-0.2, -0.15) is 10.2 Å². The molecule has 1 amide bonds. The van der Waals surface area contributed by atoms with Gasteiger partial charge in [-0.15, -0.1) is 0 Å². The minimum Gasteiger partial charge on any atom is -0.390 e. The second-order valence-electron chi connectivity index (χ2n) is 23.2. The summed E-state index contributed by atoms with van der Waals surface area (Å²) in [5, 5.41) is 29.9. The third-order valence-corrected chi connectivity index (χ3v) is 19.4. The van der Waals surface area contributed by atoms with Gasteiger partial charge in [0, 0.05) is 48.2 Å². The zero-order chi connectivity index (χ0) is 40.5. The summed E-state index contributed by atoms with van der Waals surface area (Å²) in [5.74, 6) is 5.46. The lowest BCUT2D eigenvalue weighted by Crippen LogP contribution is -2.59. The van der Waals surface area contributed by atoms with Crippen LogP contribution in [0, 0.1) is 53.3 Å². The molecule has 0 radical (unpaired) electrons. The summed E-state index contributed by atoms with van der Waals surface area (Å²) in [6.07, 6.45) is 36.6. The van der Waals surface area contributed by atoms with Crippen molar-refractivity contribution in [2.24, 2.45) is 69.2 Å². The van der Waals surface area contributed by atoms with Crippen LogP contribution in [0.2, 0.25) is 0 Å². The Morgan fingerprint density at radius 3 is 1.86 bits per heavy atom. The van der Waals surface area contributed by atoms with Crippen molar-refractivity contribution in [2.45, 2.75) is 261 Å². The predicted molar refractivity (Wildman–Crippen MR) is 239 cm³/mol. The molecule has 9 aliphatic rings. The Hall–Kier alpha value is -1.09. The summed E-state index contributed by atoms with van der Waals surface area (Å²) in [7, 11) is 0. The van der Waals surface area contributed by atoms with E-state index in [9.17, 15) is 9.90 Å². The number of nitrogens with two attached hydrogens (primary N) is 1. The Morgan fingerprint density at radius 1 is 0.661 bits per heavy atom. The van der Waals surface area contributed by atoms with E-state index >= 15 is 0 Å². The van der Waals surface area contributed by atoms with Crippen molar-refractivity contribution < 1.29 is 9.90 Å². The number of amides is 1. The van der Waals surface area contributed by atoms with E-state index < -0.39 is 6.10 Å². The normalized spacial score (nSPS) is 48.3. The first-order valence-electron chi connectivity index (χ1n) is 26.4. The maximum atomic E-state index is 14.2. The van der Waals surface area contributed by atoms with Crippen LogP contribution in [0.15, 0.2) is 10.2 Å². The van der Waals surface area contributed by atoms with Crippen molar-refractivity contribution in [3.8, 4) is 0 Å². The highest BCUT2D eigenvalue weighted by molar-refractivity contribution is 5.80. The number of azo groups is 1. The van der Waals surface area contributed by atoms with Crippen molar-refractivity contribution in [1.82, 2.24) is 15.5 Å². The summed E-state index contributed by atoms with van der Waals surface area (Å²) in [4.78, 5) is 17.4. The zero-order valence-electron chi connectivity index (χ0n) is 37.8. The minimum absolute atomic E-state index is 0.0923. The number of rotatable bonds is 10. The van der Waals surface area contributed by atoms with Crippen molar-refractivity contribution in [2.75, 3.05) is 0 Å². The number of carbonyl (C=O) groups excluding carboxylic acids is 1. The first-order chi connectivity index (χ1) is 28.8. The summed E-state index contributed by atoms with van der Waals surface area (Å²) >= 11 is 0. The molecule has 8 saturated carbocycles. The van der Waals surface area contributed by atoms with E-state index in [1.807, 2.05) is 0 Å². The van der Waals surface area contributed by atoms with Gasteiger partial charge in [-0.05, 0) is 202 Å². The van der Waals surface area contributed by atoms with Crippen LogP contribution in [0.4, 0.5) is 0 Å². The average molecular weight is 817 g/mol. The Morgan fingerprint density at radius 2 is 1.24 bits per heavy atom. The van der Waals surface area contributed by atoms with Gasteiger partial charge in [-0.3, -0.25) is 9.69 Å². The number of carbonyl (C=O) groups is 1. The van der Waals surface area contributed by atoms with Crippen LogP contribution >= 0.6 is 0 Å². The number of aliphatic hydroxyl groups is 1. The molecule has 59 heavy (non-hydrogen) atoms. The molecule has 1 aliphatic heterocycles. The van der Waals surface area contributed by atoms with Crippen molar-refractivity contribution >= 4 is 5.91 Å². The van der Waals surface area contributed by atoms with Crippen LogP contribution in [0.3, 0.4) is 0 Å². The number of hydrogen-bond donors (Lipinski definition) is 4. The smallest absolute Gasteiger partial charge is 0.226 e. The van der Waals surface area contributed by atoms with Crippen molar-refractivity contribution in [3.05, 3.63) is 0 Å². The number of nitrogens with one attached hydrogen (secondary N) is 2. The van der Waals surface area contributed by atoms with Gasteiger partial charge in [0.15, 0.2) is 0 Å². The van der Waals surface area contributed by atoms with Gasteiger partial charge in [0.2, 0.25) is 5.91 Å². The predicted octanol–water partition coefficient (Wildman–Crippen LogP) is 10.1. The average Bonchev–Trinajstić information content (AvgIpc) is 3.64. The summed E-state index contributed by atoms with van der Waals surface area (Å²) < 4.78 is 0. The quantitative estimate of drug-likeness (QED) is 0.164. The lowest BCUT2D eigenvalue weighted by atomic mass is 9.58. The lowest BCUT2D eigenvalue weighted by Gasteiger charge is -2.50. The molecule has 9 unspecified atom stereocenters. The van der Waals surface area contributed by atoms with Crippen LogP contribution in [0.1, 0.15) is 200 Å². The van der Waals surface area contributed by atoms with Gasteiger partial charge in [0.1, 0.15) is 6.04 Å². The molecule has 0 aromatic carbocycles. The molecule has 0 spiro atoms. The van der Waals surface area contributed by atoms with E-state index in [2.05, 4.69) is 29.4 Å². The largest absolute Gasteiger partial charge is 0.390 e. The fourth-order valence-electron chi connectivity index (χ4n) is 15.8. The molecule has 1 heterocycles. The molecule has 334 valence electrons. The number of fused-ring (bicyclic) bond motifs is 5. The molecular formula is C51H88N6O2. The van der Waals surface area contributed by atoms with Gasteiger partial charge in [0.05, 0.1) is 18.1 Å². The first kappa shape index (κ1) is 43.2. The van der Waals surface area contributed by atoms with Crippen LogP contribution < -0.4 is 16.4 Å². The first-order valence-corrected chi connectivity index (χ1v) is 26.4. The Bertz CT molecular complexity index is 1330. The maximum absolute atomic E-state index is 14.2. The summed E-state index contributed by atoms with van der Waals surface area (Å²) in [5.41, 5.74) is 6.23. The van der Waals surface area contributed by atoms with Gasteiger partial charge >= 0.3 is 0 Å². The van der Waals surface area contributed by atoms with Gasteiger partial charge in [-0.1, -0.05) is 39.5 Å². The third kappa shape index (κ3) is 10.0. The number of aliphatic hydroxyl groups excluding tert-OH is 1. The fourth-order valence-corrected chi connectivity index (χ4v) is 15.8. The van der Waals surface area contributed by atoms with Crippen LogP contribution in [0.5, 0.6) is 0 Å². The van der Waals surface area contributed by atoms with E-state index in [1.54, 1.807) is 0 Å². The van der Waals surface area contributed by atoms with Crippen molar-refractivity contribution in [3.63, 3.8) is 0 Å². The zero-order valence-corrected chi connectivity index (χ0v) is 37.8. The minimum atomic E-state index is -0.759. The fraction of sp³-hybridized carbons (Fsp3) is 0.980. The van der Waals surface area contributed by atoms with Gasteiger partial charge in [-0.25, -0.2) is 0 Å². The van der Waals surface area contributed by atoms with Crippen LogP contribution in [-0.2, 0) is 4.79 Å². The molecule has 9 rings (SSSR count). The van der Waals surface area contributed by atoms with E-state index in [1.165, 1.54) is 141 Å². The molecule has 8 heteroatoms. The van der Waals surface area contributed by atoms with Gasteiger partial charge < -0.3 is 21.5 Å². The number of nitrogens with zero attached hydrogens (tertiary/aromatic N) is 3. The molecule has 0 aromatic rings. The molecule has 1 saturated heterocycles. The van der Waals surface area contributed by atoms with Crippen LogP contribution in [-0.4, -0.2) is 76.4 Å². The second-order valence-corrected chi connectivity index (χ2v) is 23.2. The summed E-state index contributed by atoms with van der Waals surface area (Å²) in [6, 6.07) is 4.02. The monoisotopic (exact) mass is 817 g/mol. The highest BCUT2D eigenvalue weighted by Gasteiger charge is 2.58. The molecular weight excluding hydrogens is 729 g/mol. The molecule has 9 atom stereocenters. The molecule has 5 N–H and O–H groups in total. The third-order valence-electron chi connectivity index (χ3n) is 19.4. The highest BCUT2D eigenvalue weighted by atomic mass is 16.3. The molecule has 8 nitrogen and oxygen atoms in total. The molecule has 9 fully saturated rings. The standard InChI is InChI=1S/C51H88N6O2/c1-32-7-24-40(25-8-32)57(41-26-9-33(2)10-27-41)42-28-15-35(16-29-42)12-11-34-13-20-38(21-14-34)53-51(59)45-31-36-17-30-44-43-5-3-4-6-46(43)54-48(44)47(36)49(50(45)58)56-55-39-22-18-37(52)19-23-39/h32-50,54,58H,3-31,52H2,1-2H3,(H,53,59). The van der Waals surface area contributed by atoms with Crippen molar-refractivity contribution in [1.29, 1.82) is 0 Å². The van der Waals surface area contributed by atoms with E-state index in [4.69, 9.17) is 16.0 Å². The van der Waals surface area contributed by atoms with Crippen LogP contribution in [0.25, 0.3) is 0 Å². The lowest BCUT2D eigenvalue weighted by molar-refractivity contribution is -0.136. The highest BCUT2D eigenvalue weighted by Crippen LogP contribution is 2.53. The van der Waals surface area contributed by atoms with E-state index in [0.29, 0.717) is 23.9 Å². The topological polar surface area (TPSA) is 115 Å².